The molecular weight excluding hydrogens is 449 g/mol. The first-order valence-corrected chi connectivity index (χ1v) is 12.3. The number of H-pyrrole nitrogens is 1. The number of fused-ring (bicyclic) bond motifs is 1. The molecule has 0 spiro atoms. The highest BCUT2D eigenvalue weighted by atomic mass is 32.2. The van der Waals surface area contributed by atoms with E-state index >= 15 is 0 Å². The second-order valence-corrected chi connectivity index (χ2v) is 10.5. The van der Waals surface area contributed by atoms with Crippen molar-refractivity contribution in [1.29, 1.82) is 0 Å². The minimum Gasteiger partial charge on any atom is -0.496 e. The van der Waals surface area contributed by atoms with Crippen LogP contribution in [0, 0.1) is 5.82 Å². The standard InChI is InChI=1S/C23H20FN3O3S2/c1-30-21-5-4-16(24)13-18(21)17-6-9-25-23-19(17)14-20(26-23)15-7-10-27(11-8-15)32(28,29)22-3-2-12-31-22/h2-7,9,12-14H,8,10-11H2,1H3,(H,25,26). The van der Waals surface area contributed by atoms with E-state index in [0.29, 0.717) is 40.7 Å². The van der Waals surface area contributed by atoms with Gasteiger partial charge in [0.1, 0.15) is 21.4 Å². The molecule has 164 valence electrons. The highest BCUT2D eigenvalue weighted by Gasteiger charge is 2.27. The number of nitrogens with one attached hydrogen (secondary N) is 1. The predicted octanol–water partition coefficient (Wildman–Crippen LogP) is 4.92. The normalized spacial score (nSPS) is 15.1. The quantitative estimate of drug-likeness (QED) is 0.450. The van der Waals surface area contributed by atoms with Gasteiger partial charge < -0.3 is 9.72 Å². The van der Waals surface area contributed by atoms with Crippen LogP contribution in [0.2, 0.25) is 0 Å². The van der Waals surface area contributed by atoms with Crippen molar-refractivity contribution in [2.24, 2.45) is 0 Å². The van der Waals surface area contributed by atoms with E-state index in [9.17, 15) is 12.8 Å². The zero-order chi connectivity index (χ0) is 22.3. The maximum absolute atomic E-state index is 14.0. The highest BCUT2D eigenvalue weighted by molar-refractivity contribution is 7.91. The van der Waals surface area contributed by atoms with Gasteiger partial charge in [-0.1, -0.05) is 12.1 Å². The molecule has 0 atom stereocenters. The minimum absolute atomic E-state index is 0.308. The molecule has 0 unspecified atom stereocenters. The smallest absolute Gasteiger partial charge is 0.252 e. The summed E-state index contributed by atoms with van der Waals surface area (Å²) >= 11 is 1.23. The highest BCUT2D eigenvalue weighted by Crippen LogP contribution is 2.37. The molecule has 6 nitrogen and oxygen atoms in total. The van der Waals surface area contributed by atoms with Gasteiger partial charge >= 0.3 is 0 Å². The SMILES string of the molecule is COc1ccc(F)cc1-c1ccnc2[nH]c(C3=CCN(S(=O)(=O)c4cccs4)CC3)cc12. The average Bonchev–Trinajstić information content (AvgIpc) is 3.49. The Balaban J connectivity index is 1.49. The molecule has 0 bridgehead atoms. The molecule has 9 heteroatoms. The summed E-state index contributed by atoms with van der Waals surface area (Å²) in [5.74, 6) is 0.233. The fourth-order valence-corrected chi connectivity index (χ4v) is 6.50. The number of pyridine rings is 1. The Morgan fingerprint density at radius 2 is 2.06 bits per heavy atom. The summed E-state index contributed by atoms with van der Waals surface area (Å²) in [5.41, 5.74) is 4.04. The summed E-state index contributed by atoms with van der Waals surface area (Å²) in [6.07, 6.45) is 4.19. The number of methoxy groups -OCH3 is 1. The van der Waals surface area contributed by atoms with Crippen LogP contribution < -0.4 is 4.74 Å². The molecule has 0 saturated carbocycles. The fraction of sp³-hybridized carbons (Fsp3) is 0.174. The van der Waals surface area contributed by atoms with Gasteiger partial charge in [0, 0.05) is 35.9 Å². The molecule has 0 fully saturated rings. The number of hydrogen-bond donors (Lipinski definition) is 1. The number of benzene rings is 1. The lowest BCUT2D eigenvalue weighted by molar-refractivity contribution is 0.415. The summed E-state index contributed by atoms with van der Waals surface area (Å²) in [6.45, 7) is 0.711. The number of sulfonamides is 1. The molecule has 0 amide bonds. The third kappa shape index (κ3) is 3.62. The number of nitrogens with zero attached hydrogens (tertiary/aromatic N) is 2. The summed E-state index contributed by atoms with van der Waals surface area (Å²) in [4.78, 5) is 7.76. The topological polar surface area (TPSA) is 75.3 Å². The van der Waals surface area contributed by atoms with Crippen LogP contribution in [0.4, 0.5) is 4.39 Å². The predicted molar refractivity (Wildman–Crippen MR) is 124 cm³/mol. The molecule has 4 heterocycles. The molecule has 1 aliphatic rings. The van der Waals surface area contributed by atoms with Gasteiger partial charge in [-0.3, -0.25) is 0 Å². The van der Waals surface area contributed by atoms with Gasteiger partial charge in [0.25, 0.3) is 10.0 Å². The van der Waals surface area contributed by atoms with E-state index in [-0.39, 0.29) is 5.82 Å². The van der Waals surface area contributed by atoms with E-state index in [1.54, 1.807) is 36.9 Å². The second kappa shape index (κ2) is 8.16. The first-order valence-electron chi connectivity index (χ1n) is 10.0. The number of hydrogen-bond acceptors (Lipinski definition) is 5. The maximum Gasteiger partial charge on any atom is 0.252 e. The molecule has 1 aromatic carbocycles. The maximum atomic E-state index is 14.0. The molecule has 0 saturated heterocycles. The van der Waals surface area contributed by atoms with Gasteiger partial charge in [-0.25, -0.2) is 17.8 Å². The van der Waals surface area contributed by atoms with Gasteiger partial charge in [-0.2, -0.15) is 4.31 Å². The van der Waals surface area contributed by atoms with Crippen LogP contribution in [0.1, 0.15) is 12.1 Å². The van der Waals surface area contributed by atoms with Crippen LogP contribution in [0.25, 0.3) is 27.7 Å². The van der Waals surface area contributed by atoms with Gasteiger partial charge in [0.05, 0.1) is 7.11 Å². The first-order chi connectivity index (χ1) is 15.5. The summed E-state index contributed by atoms with van der Waals surface area (Å²) in [7, 11) is -1.91. The van der Waals surface area contributed by atoms with Gasteiger partial charge in [-0.05, 0) is 59.3 Å². The molecular formula is C23H20FN3O3S2. The fourth-order valence-electron chi connectivity index (χ4n) is 3.98. The lowest BCUT2D eigenvalue weighted by Crippen LogP contribution is -2.34. The minimum atomic E-state index is -3.47. The van der Waals surface area contributed by atoms with E-state index in [1.807, 2.05) is 18.2 Å². The van der Waals surface area contributed by atoms with E-state index in [0.717, 1.165) is 22.2 Å². The third-order valence-corrected chi connectivity index (χ3v) is 8.83. The van der Waals surface area contributed by atoms with Crippen molar-refractivity contribution < 1.29 is 17.5 Å². The van der Waals surface area contributed by atoms with Gasteiger partial charge in [0.15, 0.2) is 0 Å². The van der Waals surface area contributed by atoms with E-state index in [4.69, 9.17) is 4.74 Å². The molecule has 0 radical (unpaired) electrons. The van der Waals surface area contributed by atoms with Crippen molar-refractivity contribution in [2.75, 3.05) is 20.2 Å². The Kier molecular flexibility index (Phi) is 5.32. The Hall–Kier alpha value is -3.01. The van der Waals surface area contributed by atoms with Crippen molar-refractivity contribution in [3.63, 3.8) is 0 Å². The van der Waals surface area contributed by atoms with Crippen molar-refractivity contribution in [3.8, 4) is 16.9 Å². The molecule has 4 aromatic rings. The first kappa shape index (κ1) is 20.9. The molecule has 0 aliphatic carbocycles. The molecule has 1 N–H and O–H groups in total. The molecule has 1 aliphatic heterocycles. The largest absolute Gasteiger partial charge is 0.496 e. The molecule has 3 aromatic heterocycles. The number of halogens is 1. The van der Waals surface area contributed by atoms with Crippen LogP contribution in [0.5, 0.6) is 5.75 Å². The van der Waals surface area contributed by atoms with Crippen molar-refractivity contribution >= 4 is 38.0 Å². The van der Waals surface area contributed by atoms with Gasteiger partial charge in [0.2, 0.25) is 0 Å². The number of aromatic nitrogens is 2. The van der Waals surface area contributed by atoms with E-state index < -0.39 is 10.0 Å². The average molecular weight is 470 g/mol. The number of thiophene rings is 1. The van der Waals surface area contributed by atoms with Crippen LogP contribution >= 0.6 is 11.3 Å². The van der Waals surface area contributed by atoms with Crippen molar-refractivity contribution in [2.45, 2.75) is 10.6 Å². The van der Waals surface area contributed by atoms with Crippen molar-refractivity contribution in [1.82, 2.24) is 14.3 Å². The van der Waals surface area contributed by atoms with E-state index in [1.165, 1.54) is 27.8 Å². The van der Waals surface area contributed by atoms with Gasteiger partial charge in [-0.15, -0.1) is 11.3 Å². The number of aromatic amines is 1. The summed E-state index contributed by atoms with van der Waals surface area (Å²) < 4.78 is 46.8. The zero-order valence-corrected chi connectivity index (χ0v) is 18.8. The Morgan fingerprint density at radius 3 is 2.78 bits per heavy atom. The number of rotatable bonds is 5. The summed E-state index contributed by atoms with van der Waals surface area (Å²) in [5, 5.41) is 2.61. The lowest BCUT2D eigenvalue weighted by atomic mass is 10.0. The number of ether oxygens (including phenoxy) is 1. The third-order valence-electron chi connectivity index (χ3n) is 5.59. The Labute approximate surface area is 189 Å². The van der Waals surface area contributed by atoms with Crippen LogP contribution in [-0.2, 0) is 10.0 Å². The summed E-state index contributed by atoms with van der Waals surface area (Å²) in [6, 6.07) is 11.6. The van der Waals surface area contributed by atoms with Crippen LogP contribution in [0.15, 0.2) is 64.3 Å². The Bertz CT molecular complexity index is 1430. The van der Waals surface area contributed by atoms with E-state index in [2.05, 4.69) is 9.97 Å². The molecule has 32 heavy (non-hydrogen) atoms. The van der Waals surface area contributed by atoms with Crippen LogP contribution in [0.3, 0.4) is 0 Å². The van der Waals surface area contributed by atoms with Crippen molar-refractivity contribution in [3.05, 3.63) is 71.6 Å². The Morgan fingerprint density at radius 1 is 1.19 bits per heavy atom. The van der Waals surface area contributed by atoms with Crippen LogP contribution in [-0.4, -0.2) is 42.9 Å². The second-order valence-electron chi connectivity index (χ2n) is 7.42. The lowest BCUT2D eigenvalue weighted by Gasteiger charge is -2.24. The zero-order valence-electron chi connectivity index (χ0n) is 17.2. The monoisotopic (exact) mass is 469 g/mol. The molecule has 5 rings (SSSR count).